The summed E-state index contributed by atoms with van der Waals surface area (Å²) in [5.74, 6) is -0.220. The van der Waals surface area contributed by atoms with Gasteiger partial charge in [-0.2, -0.15) is 0 Å². The fraction of sp³-hybridized carbons (Fsp3) is 0.429. The molecule has 1 aromatic rings. The number of amides is 2. The molecule has 108 valence electrons. The Kier molecular flexibility index (Phi) is 4.55. The first-order chi connectivity index (χ1) is 9.38. The van der Waals surface area contributed by atoms with Crippen LogP contribution in [0, 0.1) is 0 Å². The lowest BCUT2D eigenvalue weighted by molar-refractivity contribution is -0.129. The summed E-state index contributed by atoms with van der Waals surface area (Å²) in [4.78, 5) is 25.7. The Balaban J connectivity index is 2.04. The van der Waals surface area contributed by atoms with Crippen molar-refractivity contribution < 1.29 is 9.59 Å². The molecule has 1 atom stereocenters. The van der Waals surface area contributed by atoms with Gasteiger partial charge in [0.15, 0.2) is 0 Å². The van der Waals surface area contributed by atoms with E-state index in [4.69, 9.17) is 23.2 Å². The molecule has 0 bridgehead atoms. The molecule has 1 heterocycles. The van der Waals surface area contributed by atoms with E-state index in [-0.39, 0.29) is 23.9 Å². The zero-order chi connectivity index (χ0) is 14.9. The Bertz CT molecular complexity index is 546. The molecule has 1 N–H and O–H groups in total. The maximum Gasteiger partial charge on any atom is 0.253 e. The molecule has 4 nitrogen and oxygen atoms in total. The van der Waals surface area contributed by atoms with Crippen molar-refractivity contribution in [3.8, 4) is 0 Å². The summed E-state index contributed by atoms with van der Waals surface area (Å²) in [6.07, 6.45) is 0.329. The molecule has 0 aliphatic carbocycles. The maximum atomic E-state index is 12.1. The van der Waals surface area contributed by atoms with Crippen LogP contribution < -0.4 is 5.32 Å². The first-order valence-corrected chi connectivity index (χ1v) is 7.19. The van der Waals surface area contributed by atoms with Crippen LogP contribution in [0.2, 0.25) is 10.0 Å². The fourth-order valence-corrected chi connectivity index (χ4v) is 2.76. The maximum absolute atomic E-state index is 12.1. The van der Waals surface area contributed by atoms with E-state index < -0.39 is 0 Å². The number of benzene rings is 1. The van der Waals surface area contributed by atoms with Crippen molar-refractivity contribution in [3.63, 3.8) is 0 Å². The van der Waals surface area contributed by atoms with Crippen molar-refractivity contribution >= 4 is 35.0 Å². The van der Waals surface area contributed by atoms with Gasteiger partial charge in [0.25, 0.3) is 5.91 Å². The van der Waals surface area contributed by atoms with Crippen LogP contribution >= 0.6 is 23.2 Å². The average molecular weight is 315 g/mol. The van der Waals surface area contributed by atoms with Crippen molar-refractivity contribution in [1.82, 2.24) is 10.2 Å². The van der Waals surface area contributed by atoms with E-state index in [0.29, 0.717) is 28.6 Å². The second-order valence-electron chi connectivity index (χ2n) is 5.14. The van der Waals surface area contributed by atoms with Gasteiger partial charge in [0.2, 0.25) is 5.91 Å². The lowest BCUT2D eigenvalue weighted by Gasteiger charge is -2.21. The molecule has 0 radical (unpaired) electrons. The van der Waals surface area contributed by atoms with Crippen molar-refractivity contribution in [3.05, 3.63) is 33.8 Å². The molecule has 1 aromatic carbocycles. The molecule has 0 saturated carbocycles. The lowest BCUT2D eigenvalue weighted by Crippen LogP contribution is -2.39. The minimum absolute atomic E-state index is 0.0625. The van der Waals surface area contributed by atoms with Gasteiger partial charge < -0.3 is 10.2 Å². The molecule has 20 heavy (non-hydrogen) atoms. The summed E-state index contributed by atoms with van der Waals surface area (Å²) in [5, 5.41) is 3.63. The van der Waals surface area contributed by atoms with Crippen LogP contribution in [0.15, 0.2) is 18.2 Å². The van der Waals surface area contributed by atoms with Gasteiger partial charge in [-0.1, -0.05) is 23.2 Å². The van der Waals surface area contributed by atoms with E-state index in [9.17, 15) is 9.59 Å². The highest BCUT2D eigenvalue weighted by atomic mass is 35.5. The van der Waals surface area contributed by atoms with Gasteiger partial charge in [0, 0.05) is 24.0 Å². The van der Waals surface area contributed by atoms with E-state index in [1.54, 1.807) is 17.0 Å². The summed E-state index contributed by atoms with van der Waals surface area (Å²) in [7, 11) is 0. The Labute approximate surface area is 128 Å². The Morgan fingerprint density at radius 1 is 1.40 bits per heavy atom. The highest BCUT2D eigenvalue weighted by Crippen LogP contribution is 2.22. The third-order valence-electron chi connectivity index (χ3n) is 3.29. The van der Waals surface area contributed by atoms with Crippen LogP contribution in [-0.4, -0.2) is 35.3 Å². The molecule has 0 aromatic heterocycles. The van der Waals surface area contributed by atoms with Crippen molar-refractivity contribution in [1.29, 1.82) is 0 Å². The van der Waals surface area contributed by atoms with Gasteiger partial charge in [-0.15, -0.1) is 0 Å². The van der Waals surface area contributed by atoms with E-state index in [2.05, 4.69) is 5.32 Å². The number of carbonyl (C=O) groups excluding carboxylic acids is 2. The minimum Gasteiger partial charge on any atom is -0.347 e. The highest BCUT2D eigenvalue weighted by Gasteiger charge is 2.32. The quantitative estimate of drug-likeness (QED) is 0.932. The minimum atomic E-state index is -0.282. The average Bonchev–Trinajstić information content (AvgIpc) is 2.70. The molecule has 1 unspecified atom stereocenters. The number of hydrogen-bond acceptors (Lipinski definition) is 2. The van der Waals surface area contributed by atoms with Crippen LogP contribution in [0.3, 0.4) is 0 Å². The Morgan fingerprint density at radius 2 is 2.10 bits per heavy atom. The highest BCUT2D eigenvalue weighted by molar-refractivity contribution is 6.36. The van der Waals surface area contributed by atoms with Gasteiger partial charge in [0.1, 0.15) is 0 Å². The van der Waals surface area contributed by atoms with Gasteiger partial charge in [-0.25, -0.2) is 0 Å². The first kappa shape index (κ1) is 15.1. The summed E-state index contributed by atoms with van der Waals surface area (Å²) >= 11 is 11.8. The SMILES string of the molecule is CC(C)N1CC(NC(=O)c2ccc(Cl)cc2Cl)CC1=O. The second kappa shape index (κ2) is 6.02. The monoisotopic (exact) mass is 314 g/mol. The van der Waals surface area contributed by atoms with Gasteiger partial charge in [-0.05, 0) is 32.0 Å². The predicted molar refractivity (Wildman–Crippen MR) is 79.2 cm³/mol. The molecule has 1 fully saturated rings. The van der Waals surface area contributed by atoms with Crippen molar-refractivity contribution in [2.24, 2.45) is 0 Å². The second-order valence-corrected chi connectivity index (χ2v) is 5.98. The topological polar surface area (TPSA) is 49.4 Å². The number of nitrogens with zero attached hydrogens (tertiary/aromatic N) is 1. The molecule has 6 heteroatoms. The first-order valence-electron chi connectivity index (χ1n) is 6.44. The fourth-order valence-electron chi connectivity index (χ4n) is 2.26. The normalized spacial score (nSPS) is 18.8. The summed E-state index contributed by atoms with van der Waals surface area (Å²) < 4.78 is 0. The molecule has 2 amide bonds. The summed E-state index contributed by atoms with van der Waals surface area (Å²) in [6.45, 7) is 4.45. The van der Waals surface area contributed by atoms with Crippen LogP contribution in [0.4, 0.5) is 0 Å². The smallest absolute Gasteiger partial charge is 0.253 e. The van der Waals surface area contributed by atoms with E-state index in [1.807, 2.05) is 13.8 Å². The third-order valence-corrected chi connectivity index (χ3v) is 3.84. The number of rotatable bonds is 3. The Morgan fingerprint density at radius 3 is 2.65 bits per heavy atom. The molecular weight excluding hydrogens is 299 g/mol. The standard InChI is InChI=1S/C14H16Cl2N2O2/c1-8(2)18-7-10(6-13(18)19)17-14(20)11-4-3-9(15)5-12(11)16/h3-5,8,10H,6-7H2,1-2H3,(H,17,20). The molecular formula is C14H16Cl2N2O2. The van der Waals surface area contributed by atoms with Gasteiger partial charge >= 0.3 is 0 Å². The summed E-state index contributed by atoms with van der Waals surface area (Å²) in [6, 6.07) is 4.69. The molecule has 1 saturated heterocycles. The number of halogens is 2. The van der Waals surface area contributed by atoms with E-state index in [1.165, 1.54) is 6.07 Å². The van der Waals surface area contributed by atoms with E-state index in [0.717, 1.165) is 0 Å². The van der Waals surface area contributed by atoms with Crippen LogP contribution in [0.1, 0.15) is 30.6 Å². The third kappa shape index (κ3) is 3.25. The van der Waals surface area contributed by atoms with E-state index >= 15 is 0 Å². The van der Waals surface area contributed by atoms with Crippen molar-refractivity contribution in [2.75, 3.05) is 6.54 Å². The zero-order valence-electron chi connectivity index (χ0n) is 11.3. The molecule has 0 spiro atoms. The predicted octanol–water partition coefficient (Wildman–Crippen LogP) is 2.73. The largest absolute Gasteiger partial charge is 0.347 e. The van der Waals surface area contributed by atoms with Gasteiger partial charge in [0.05, 0.1) is 16.6 Å². The molecule has 1 aliphatic heterocycles. The van der Waals surface area contributed by atoms with Gasteiger partial charge in [-0.3, -0.25) is 9.59 Å². The molecule has 1 aliphatic rings. The Hall–Kier alpha value is -1.26. The number of carbonyl (C=O) groups is 2. The summed E-state index contributed by atoms with van der Waals surface area (Å²) in [5.41, 5.74) is 0.367. The van der Waals surface area contributed by atoms with Crippen LogP contribution in [0.25, 0.3) is 0 Å². The van der Waals surface area contributed by atoms with Crippen LogP contribution in [-0.2, 0) is 4.79 Å². The zero-order valence-corrected chi connectivity index (χ0v) is 12.8. The number of likely N-dealkylation sites (tertiary alicyclic amines) is 1. The number of nitrogens with one attached hydrogen (secondary N) is 1. The van der Waals surface area contributed by atoms with Crippen molar-refractivity contribution in [2.45, 2.75) is 32.4 Å². The van der Waals surface area contributed by atoms with Crippen LogP contribution in [0.5, 0.6) is 0 Å². The number of hydrogen-bond donors (Lipinski definition) is 1. The lowest BCUT2D eigenvalue weighted by atomic mass is 10.2. The molecule has 2 rings (SSSR count).